The normalized spacial score (nSPS) is 10.9. The fourth-order valence-corrected chi connectivity index (χ4v) is 3.57. The molecule has 2 aromatic carbocycles. The summed E-state index contributed by atoms with van der Waals surface area (Å²) in [5.74, 6) is -0.0291. The van der Waals surface area contributed by atoms with Gasteiger partial charge in [0.1, 0.15) is 0 Å². The molecule has 0 saturated carbocycles. The van der Waals surface area contributed by atoms with Crippen molar-refractivity contribution in [2.24, 2.45) is 0 Å². The van der Waals surface area contributed by atoms with Gasteiger partial charge in [0.2, 0.25) is 0 Å². The van der Waals surface area contributed by atoms with Crippen LogP contribution >= 0.6 is 0 Å². The average molecular weight is 399 g/mol. The predicted molar refractivity (Wildman–Crippen MR) is 117 cm³/mol. The molecule has 0 aliphatic rings. The van der Waals surface area contributed by atoms with Gasteiger partial charge in [-0.2, -0.15) is 10.2 Å². The summed E-state index contributed by atoms with van der Waals surface area (Å²) in [7, 11) is 1.82. The van der Waals surface area contributed by atoms with Crippen LogP contribution in [0.3, 0.4) is 0 Å². The lowest BCUT2D eigenvalue weighted by atomic mass is 10.1. The number of hydrogen-bond acceptors (Lipinski definition) is 3. The van der Waals surface area contributed by atoms with Gasteiger partial charge >= 0.3 is 0 Å². The Morgan fingerprint density at radius 2 is 1.63 bits per heavy atom. The number of hydrogen-bond donors (Lipinski definition) is 0. The van der Waals surface area contributed by atoms with Crippen LogP contribution in [-0.2, 0) is 19.5 Å². The number of rotatable bonds is 7. The van der Waals surface area contributed by atoms with Crippen molar-refractivity contribution in [1.29, 1.82) is 0 Å². The number of benzene rings is 2. The minimum atomic E-state index is -0.0291. The van der Waals surface area contributed by atoms with E-state index in [0.29, 0.717) is 18.7 Å². The molecule has 0 bridgehead atoms. The van der Waals surface area contributed by atoms with E-state index in [4.69, 9.17) is 0 Å². The molecular formula is C24H25N5O. The molecule has 0 spiro atoms. The molecule has 152 valence electrons. The lowest BCUT2D eigenvalue weighted by Gasteiger charge is -2.16. The van der Waals surface area contributed by atoms with Gasteiger partial charge in [-0.15, -0.1) is 0 Å². The zero-order valence-corrected chi connectivity index (χ0v) is 17.3. The molecule has 4 rings (SSSR count). The maximum absolute atomic E-state index is 13.1. The van der Waals surface area contributed by atoms with Gasteiger partial charge in [-0.05, 0) is 24.1 Å². The fourth-order valence-electron chi connectivity index (χ4n) is 3.57. The van der Waals surface area contributed by atoms with Crippen molar-refractivity contribution in [3.8, 4) is 5.69 Å². The van der Waals surface area contributed by atoms with E-state index < -0.39 is 0 Å². The third kappa shape index (κ3) is 4.17. The zero-order chi connectivity index (χ0) is 20.9. The second kappa shape index (κ2) is 8.78. The van der Waals surface area contributed by atoms with Crippen molar-refractivity contribution in [2.45, 2.75) is 26.4 Å². The van der Waals surface area contributed by atoms with Crippen LogP contribution in [0.4, 0.5) is 0 Å². The van der Waals surface area contributed by atoms with Crippen LogP contribution in [0.5, 0.6) is 0 Å². The molecule has 6 heteroatoms. The smallest absolute Gasteiger partial charge is 0.257 e. The number of amides is 1. The van der Waals surface area contributed by atoms with Crippen LogP contribution in [0, 0.1) is 0 Å². The van der Waals surface area contributed by atoms with Crippen LogP contribution in [0.15, 0.2) is 79.3 Å². The molecule has 6 nitrogen and oxygen atoms in total. The van der Waals surface area contributed by atoms with Crippen LogP contribution in [0.25, 0.3) is 5.69 Å². The van der Waals surface area contributed by atoms with E-state index in [0.717, 1.165) is 28.9 Å². The standard InChI is InChI=1S/C24H25N5O/c1-3-23-22(15-26-29(23)17-19-10-6-4-7-11-19)24(30)27(2)16-20-14-25-28(18-20)21-12-8-5-9-13-21/h4-15,18H,3,16-17H2,1-2H3. The number of carbonyl (C=O) groups is 1. The largest absolute Gasteiger partial charge is 0.337 e. The molecule has 4 aromatic rings. The summed E-state index contributed by atoms with van der Waals surface area (Å²) < 4.78 is 3.74. The number of aromatic nitrogens is 4. The Morgan fingerprint density at radius 1 is 0.933 bits per heavy atom. The van der Waals surface area contributed by atoms with E-state index >= 15 is 0 Å². The summed E-state index contributed by atoms with van der Waals surface area (Å²) in [6.45, 7) is 3.20. The molecular weight excluding hydrogens is 374 g/mol. The zero-order valence-electron chi connectivity index (χ0n) is 17.3. The summed E-state index contributed by atoms with van der Waals surface area (Å²) in [6, 6.07) is 20.1. The summed E-state index contributed by atoms with van der Waals surface area (Å²) in [5, 5.41) is 8.91. The van der Waals surface area contributed by atoms with Crippen molar-refractivity contribution >= 4 is 5.91 Å². The van der Waals surface area contributed by atoms with E-state index in [1.54, 1.807) is 17.3 Å². The Hall–Kier alpha value is -3.67. The Bertz CT molecular complexity index is 1110. The van der Waals surface area contributed by atoms with E-state index in [2.05, 4.69) is 29.3 Å². The highest BCUT2D eigenvalue weighted by atomic mass is 16.2. The molecule has 0 saturated heterocycles. The molecule has 0 N–H and O–H groups in total. The highest BCUT2D eigenvalue weighted by Crippen LogP contribution is 2.16. The molecule has 0 radical (unpaired) electrons. The van der Waals surface area contributed by atoms with Gasteiger partial charge in [0.05, 0.1) is 35.9 Å². The van der Waals surface area contributed by atoms with Gasteiger partial charge in [-0.1, -0.05) is 55.5 Å². The number of nitrogens with zero attached hydrogens (tertiary/aromatic N) is 5. The van der Waals surface area contributed by atoms with E-state index in [1.165, 1.54) is 0 Å². The second-order valence-corrected chi connectivity index (χ2v) is 7.29. The molecule has 0 fully saturated rings. The van der Waals surface area contributed by atoms with Crippen LogP contribution < -0.4 is 0 Å². The van der Waals surface area contributed by atoms with Crippen LogP contribution in [0.2, 0.25) is 0 Å². The SMILES string of the molecule is CCc1c(C(=O)N(C)Cc2cnn(-c3ccccc3)c2)cnn1Cc1ccccc1. The average Bonchev–Trinajstić information content (AvgIpc) is 3.41. The third-order valence-electron chi connectivity index (χ3n) is 5.11. The van der Waals surface area contributed by atoms with Gasteiger partial charge in [-0.3, -0.25) is 9.48 Å². The van der Waals surface area contributed by atoms with Crippen LogP contribution in [0.1, 0.15) is 34.1 Å². The van der Waals surface area contributed by atoms with E-state index in [1.807, 2.05) is 71.1 Å². The fraction of sp³-hybridized carbons (Fsp3) is 0.208. The van der Waals surface area contributed by atoms with Gasteiger partial charge < -0.3 is 4.90 Å². The lowest BCUT2D eigenvalue weighted by Crippen LogP contribution is -2.27. The predicted octanol–water partition coefficient (Wildman–Crippen LogP) is 3.95. The highest BCUT2D eigenvalue weighted by Gasteiger charge is 2.20. The minimum Gasteiger partial charge on any atom is -0.337 e. The topological polar surface area (TPSA) is 56.0 Å². The first-order chi connectivity index (χ1) is 14.7. The Morgan fingerprint density at radius 3 is 2.33 bits per heavy atom. The summed E-state index contributed by atoms with van der Waals surface area (Å²) in [5.41, 5.74) is 4.75. The quantitative estimate of drug-likeness (QED) is 0.473. The van der Waals surface area contributed by atoms with Crippen LogP contribution in [-0.4, -0.2) is 37.4 Å². The minimum absolute atomic E-state index is 0.0291. The molecule has 1 amide bonds. The molecule has 2 aromatic heterocycles. The number of carbonyl (C=O) groups excluding carboxylic acids is 1. The molecule has 0 aliphatic carbocycles. The first kappa shape index (κ1) is 19.6. The monoisotopic (exact) mass is 399 g/mol. The van der Waals surface area contributed by atoms with Crippen molar-refractivity contribution in [3.05, 3.63) is 102 Å². The first-order valence-corrected chi connectivity index (χ1v) is 10.1. The molecule has 2 heterocycles. The van der Waals surface area contributed by atoms with Crippen molar-refractivity contribution in [1.82, 2.24) is 24.5 Å². The van der Waals surface area contributed by atoms with Crippen molar-refractivity contribution < 1.29 is 4.79 Å². The third-order valence-corrected chi connectivity index (χ3v) is 5.11. The summed E-state index contributed by atoms with van der Waals surface area (Å²) in [4.78, 5) is 14.8. The molecule has 0 unspecified atom stereocenters. The van der Waals surface area contributed by atoms with E-state index in [9.17, 15) is 4.79 Å². The van der Waals surface area contributed by atoms with Gasteiger partial charge in [-0.25, -0.2) is 4.68 Å². The van der Waals surface area contributed by atoms with Gasteiger partial charge in [0.15, 0.2) is 0 Å². The Balaban J connectivity index is 1.48. The maximum atomic E-state index is 13.1. The van der Waals surface area contributed by atoms with Crippen molar-refractivity contribution in [3.63, 3.8) is 0 Å². The van der Waals surface area contributed by atoms with Gasteiger partial charge in [0, 0.05) is 25.4 Å². The Labute approximate surface area is 176 Å². The highest BCUT2D eigenvalue weighted by molar-refractivity contribution is 5.95. The molecule has 30 heavy (non-hydrogen) atoms. The number of para-hydroxylation sites is 1. The summed E-state index contributed by atoms with van der Waals surface area (Å²) >= 11 is 0. The summed E-state index contributed by atoms with van der Waals surface area (Å²) in [6.07, 6.45) is 6.19. The maximum Gasteiger partial charge on any atom is 0.257 e. The Kier molecular flexibility index (Phi) is 5.75. The first-order valence-electron chi connectivity index (χ1n) is 10.1. The van der Waals surface area contributed by atoms with Gasteiger partial charge in [0.25, 0.3) is 5.91 Å². The van der Waals surface area contributed by atoms with E-state index in [-0.39, 0.29) is 5.91 Å². The molecule has 0 atom stereocenters. The second-order valence-electron chi connectivity index (χ2n) is 7.29. The van der Waals surface area contributed by atoms with Crippen molar-refractivity contribution in [2.75, 3.05) is 7.05 Å². The molecule has 0 aliphatic heterocycles. The lowest BCUT2D eigenvalue weighted by molar-refractivity contribution is 0.0784.